The maximum Gasteiger partial charge on any atom is 0.0978 e. The van der Waals surface area contributed by atoms with Crippen molar-refractivity contribution in [3.05, 3.63) is 0 Å². The lowest BCUT2D eigenvalue weighted by molar-refractivity contribution is 0.0719. The molecule has 2 unspecified atom stereocenters. The fourth-order valence-corrected chi connectivity index (χ4v) is 4.64. The van der Waals surface area contributed by atoms with Gasteiger partial charge in [0, 0.05) is 11.9 Å². The van der Waals surface area contributed by atoms with E-state index in [2.05, 4.69) is 5.87 Å². The van der Waals surface area contributed by atoms with Crippen LogP contribution in [0.2, 0.25) is 0 Å². The van der Waals surface area contributed by atoms with E-state index < -0.39 is 0 Å². The lowest BCUT2D eigenvalue weighted by Gasteiger charge is -2.32. The molecular weight excluding hydrogens is 192 g/mol. The van der Waals surface area contributed by atoms with Crippen LogP contribution in [0.5, 0.6) is 0 Å². The Hall–Kier alpha value is 0.180. The summed E-state index contributed by atoms with van der Waals surface area (Å²) in [4.78, 5) is 0. The minimum absolute atomic E-state index is 0.285. The quantitative estimate of drug-likeness (QED) is 0.639. The predicted octanol–water partition coefficient (Wildman–Crippen LogP) is 3.55. The summed E-state index contributed by atoms with van der Waals surface area (Å²) < 4.78 is 5.84. The highest BCUT2D eigenvalue weighted by molar-refractivity contribution is 8.15. The van der Waals surface area contributed by atoms with Crippen LogP contribution in [-0.4, -0.2) is 23.2 Å². The fraction of sp³-hybridized carbons (Fsp3) is 0.917. The zero-order chi connectivity index (χ0) is 9.80. The number of hydrogen-bond acceptors (Lipinski definition) is 1. The van der Waals surface area contributed by atoms with Crippen LogP contribution in [0.25, 0.3) is 0 Å². The minimum atomic E-state index is 0.285. The molecule has 0 aromatic carbocycles. The normalized spacial score (nSPS) is 32.7. The van der Waals surface area contributed by atoms with Crippen LogP contribution in [-0.2, 0) is 4.74 Å². The van der Waals surface area contributed by atoms with E-state index >= 15 is 0 Å². The molecule has 0 aromatic rings. The van der Waals surface area contributed by atoms with Crippen molar-refractivity contribution in [3.63, 3.8) is 0 Å². The third-order valence-electron chi connectivity index (χ3n) is 3.46. The average Bonchev–Trinajstić information content (AvgIpc) is 2.30. The molecule has 0 N–H and O–H groups in total. The Morgan fingerprint density at radius 3 is 2.29 bits per heavy atom. The van der Waals surface area contributed by atoms with E-state index in [9.17, 15) is 0 Å². The van der Waals surface area contributed by atoms with Gasteiger partial charge >= 0.3 is 0 Å². The summed E-state index contributed by atoms with van der Waals surface area (Å²) in [6.45, 7) is 0.983. The van der Waals surface area contributed by atoms with E-state index in [-0.39, 0.29) is 10.5 Å². The van der Waals surface area contributed by atoms with Crippen molar-refractivity contribution < 1.29 is 4.74 Å². The second kappa shape index (κ2) is 5.32. The molecule has 0 radical (unpaired) electrons. The lowest BCUT2D eigenvalue weighted by atomic mass is 10.0. The van der Waals surface area contributed by atoms with E-state index in [1.165, 1.54) is 51.4 Å². The molecule has 1 saturated heterocycles. The summed E-state index contributed by atoms with van der Waals surface area (Å²) in [6.07, 6.45) is 11.0. The molecule has 1 heterocycles. The monoisotopic (exact) mass is 214 g/mol. The highest BCUT2D eigenvalue weighted by atomic mass is 32.2. The second-order valence-corrected chi connectivity index (χ2v) is 6.66. The van der Waals surface area contributed by atoms with E-state index in [0.29, 0.717) is 5.44 Å². The highest BCUT2D eigenvalue weighted by Gasteiger charge is 2.23. The first-order valence-electron chi connectivity index (χ1n) is 6.01. The topological polar surface area (TPSA) is 9.23 Å². The maximum atomic E-state index is 5.84. The Morgan fingerprint density at radius 1 is 0.929 bits per heavy atom. The summed E-state index contributed by atoms with van der Waals surface area (Å²) in [5.74, 6) is 4.39. The number of rotatable bonds is 2. The van der Waals surface area contributed by atoms with Crippen LogP contribution in [0.15, 0.2) is 0 Å². The van der Waals surface area contributed by atoms with Gasteiger partial charge in [-0.2, -0.15) is 10.5 Å². The van der Waals surface area contributed by atoms with Gasteiger partial charge in [-0.3, -0.25) is 0 Å². The molecule has 14 heavy (non-hydrogen) atoms. The fourth-order valence-electron chi connectivity index (χ4n) is 2.53. The van der Waals surface area contributed by atoms with Gasteiger partial charge in [-0.15, -0.1) is 0 Å². The van der Waals surface area contributed by atoms with Crippen LogP contribution in [0.1, 0.15) is 51.4 Å². The van der Waals surface area contributed by atoms with E-state index in [4.69, 9.17) is 4.74 Å². The Labute approximate surface area is 90.2 Å². The molecule has 2 aliphatic rings. The van der Waals surface area contributed by atoms with Crippen molar-refractivity contribution in [1.82, 2.24) is 0 Å². The third kappa shape index (κ3) is 2.60. The first-order valence-corrected chi connectivity index (χ1v) is 7.53. The lowest BCUT2D eigenvalue weighted by Crippen LogP contribution is -2.23. The molecule has 2 atom stereocenters. The summed E-state index contributed by atoms with van der Waals surface area (Å²) in [5, 5.41) is 0.881. The molecule has 2 rings (SSSR count). The first kappa shape index (κ1) is 10.7. The Morgan fingerprint density at radius 2 is 1.64 bits per heavy atom. The van der Waals surface area contributed by atoms with Gasteiger partial charge in [0.2, 0.25) is 0 Å². The van der Waals surface area contributed by atoms with Crippen molar-refractivity contribution in [3.8, 4) is 0 Å². The zero-order valence-corrected chi connectivity index (χ0v) is 9.86. The summed E-state index contributed by atoms with van der Waals surface area (Å²) in [7, 11) is 0.285. The smallest absolute Gasteiger partial charge is 0.0978 e. The van der Waals surface area contributed by atoms with Gasteiger partial charge in [0.25, 0.3) is 0 Å². The van der Waals surface area contributed by atoms with Crippen molar-refractivity contribution >= 4 is 16.4 Å². The highest BCUT2D eigenvalue weighted by Crippen LogP contribution is 2.38. The molecule has 0 bridgehead atoms. The van der Waals surface area contributed by atoms with Crippen LogP contribution in [0, 0.1) is 0 Å². The summed E-state index contributed by atoms with van der Waals surface area (Å²) in [6, 6.07) is 0. The number of ether oxygens (including phenoxy) is 1. The van der Waals surface area contributed by atoms with Crippen LogP contribution >= 0.6 is 10.5 Å². The van der Waals surface area contributed by atoms with Gasteiger partial charge in [0.05, 0.1) is 5.44 Å². The molecule has 1 aliphatic carbocycles. The Bertz CT molecular complexity index is 170. The van der Waals surface area contributed by atoms with Gasteiger partial charge in [-0.25, -0.2) is 0 Å². The maximum absolute atomic E-state index is 5.84. The summed E-state index contributed by atoms with van der Waals surface area (Å²) in [5.41, 5.74) is 0.506. The van der Waals surface area contributed by atoms with Crippen molar-refractivity contribution in [2.24, 2.45) is 0 Å². The molecule has 0 aromatic heterocycles. The predicted molar refractivity (Wildman–Crippen MR) is 65.2 cm³/mol. The van der Waals surface area contributed by atoms with E-state index in [1.54, 1.807) is 0 Å². The molecule has 1 nitrogen and oxygen atoms in total. The van der Waals surface area contributed by atoms with E-state index in [0.717, 1.165) is 11.9 Å². The first-order chi connectivity index (χ1) is 6.88. The average molecular weight is 214 g/mol. The molecule has 1 saturated carbocycles. The van der Waals surface area contributed by atoms with Gasteiger partial charge in [-0.05, 0) is 32.1 Å². The molecule has 2 heteroatoms. The standard InChI is InChI=1S/C12H22OS/c1-14(11-7-3-2-4-8-11)12-9-5-6-10-13-12/h11-12H,1-10H2. The Balaban J connectivity index is 1.85. The largest absolute Gasteiger partial charge is 0.368 e. The Kier molecular flexibility index (Phi) is 4.06. The molecule has 0 amide bonds. The second-order valence-electron chi connectivity index (χ2n) is 4.53. The van der Waals surface area contributed by atoms with Gasteiger partial charge in [0.15, 0.2) is 0 Å². The SMILES string of the molecule is C=S(C1CCCCC1)C1CCCCO1. The van der Waals surface area contributed by atoms with Crippen molar-refractivity contribution in [2.45, 2.75) is 62.1 Å². The third-order valence-corrected chi connectivity index (χ3v) is 5.83. The molecule has 1 aliphatic heterocycles. The van der Waals surface area contributed by atoms with Crippen LogP contribution < -0.4 is 0 Å². The van der Waals surface area contributed by atoms with Crippen LogP contribution in [0.4, 0.5) is 0 Å². The van der Waals surface area contributed by atoms with E-state index in [1.807, 2.05) is 0 Å². The number of hydrogen-bond donors (Lipinski definition) is 0. The molecular formula is C12H22OS. The summed E-state index contributed by atoms with van der Waals surface area (Å²) >= 11 is 0. The molecule has 2 fully saturated rings. The van der Waals surface area contributed by atoms with Crippen molar-refractivity contribution in [1.29, 1.82) is 0 Å². The molecule has 82 valence electrons. The van der Waals surface area contributed by atoms with Crippen molar-refractivity contribution in [2.75, 3.05) is 6.61 Å². The van der Waals surface area contributed by atoms with Gasteiger partial charge < -0.3 is 4.74 Å². The van der Waals surface area contributed by atoms with Gasteiger partial charge in [0.1, 0.15) is 0 Å². The van der Waals surface area contributed by atoms with Gasteiger partial charge in [-0.1, -0.05) is 25.1 Å². The molecule has 0 spiro atoms. The van der Waals surface area contributed by atoms with Crippen LogP contribution in [0.3, 0.4) is 0 Å². The minimum Gasteiger partial charge on any atom is -0.368 e. The zero-order valence-electron chi connectivity index (χ0n) is 9.04.